The Morgan fingerprint density at radius 1 is 1.23 bits per heavy atom. The smallest absolute Gasteiger partial charge is 0.437 e. The van der Waals surface area contributed by atoms with E-state index in [1.165, 1.54) is 18.1 Å². The predicted molar refractivity (Wildman–Crippen MR) is 101 cm³/mol. The van der Waals surface area contributed by atoms with Gasteiger partial charge in [-0.25, -0.2) is 4.79 Å². The molecule has 0 spiro atoms. The fourth-order valence-electron chi connectivity index (χ4n) is 2.53. The summed E-state index contributed by atoms with van der Waals surface area (Å²) in [6.07, 6.45) is -0.566. The molecule has 0 saturated carbocycles. The Bertz CT molecular complexity index is 772. The Balaban J connectivity index is 2.14. The van der Waals surface area contributed by atoms with E-state index in [-0.39, 0.29) is 18.1 Å². The van der Waals surface area contributed by atoms with E-state index in [0.29, 0.717) is 5.02 Å². The van der Waals surface area contributed by atoms with Gasteiger partial charge < -0.3 is 20.1 Å². The van der Waals surface area contributed by atoms with Gasteiger partial charge in [-0.05, 0) is 48.7 Å². The number of rotatable bonds is 5. The molecule has 6 nitrogen and oxygen atoms in total. The number of carbonyl (C=O) groups is 2. The van der Waals surface area contributed by atoms with Crippen molar-refractivity contribution in [2.24, 2.45) is 5.73 Å². The van der Waals surface area contributed by atoms with E-state index in [4.69, 9.17) is 22.1 Å². The molecule has 0 bridgehead atoms. The third kappa shape index (κ3) is 4.74. The average Bonchev–Trinajstić information content (AvgIpc) is 2.63. The molecule has 7 heteroatoms. The van der Waals surface area contributed by atoms with Gasteiger partial charge in [-0.2, -0.15) is 0 Å². The molecule has 0 fully saturated rings. The SMILES string of the molecule is COC(=O)Oc1cc(C)c(C[C@@H](N)C(=O)N(C)c2ccccc2)c(Cl)c1. The zero-order valence-electron chi connectivity index (χ0n) is 14.9. The highest BCUT2D eigenvalue weighted by Gasteiger charge is 2.22. The molecule has 0 saturated heterocycles. The minimum absolute atomic E-state index is 0.221. The first-order chi connectivity index (χ1) is 12.3. The molecule has 138 valence electrons. The van der Waals surface area contributed by atoms with Gasteiger partial charge in [-0.1, -0.05) is 29.8 Å². The number of ether oxygens (including phenoxy) is 2. The normalized spacial score (nSPS) is 11.6. The molecule has 0 heterocycles. The van der Waals surface area contributed by atoms with Crippen LogP contribution in [-0.4, -0.2) is 32.3 Å². The van der Waals surface area contributed by atoms with Crippen LogP contribution in [0.2, 0.25) is 5.02 Å². The van der Waals surface area contributed by atoms with E-state index >= 15 is 0 Å². The summed E-state index contributed by atoms with van der Waals surface area (Å²) in [4.78, 5) is 25.3. The highest BCUT2D eigenvalue weighted by atomic mass is 35.5. The van der Waals surface area contributed by atoms with Crippen molar-refractivity contribution < 1.29 is 19.1 Å². The monoisotopic (exact) mass is 376 g/mol. The molecule has 0 aliphatic carbocycles. The molecule has 2 N–H and O–H groups in total. The maximum absolute atomic E-state index is 12.6. The maximum Gasteiger partial charge on any atom is 0.513 e. The van der Waals surface area contributed by atoms with E-state index in [2.05, 4.69) is 4.74 Å². The summed E-state index contributed by atoms with van der Waals surface area (Å²) in [6, 6.07) is 11.6. The highest BCUT2D eigenvalue weighted by molar-refractivity contribution is 6.31. The number of hydrogen-bond donors (Lipinski definition) is 1. The summed E-state index contributed by atoms with van der Waals surface area (Å²) < 4.78 is 9.43. The zero-order valence-corrected chi connectivity index (χ0v) is 15.6. The van der Waals surface area contributed by atoms with Gasteiger partial charge >= 0.3 is 6.16 Å². The number of carbonyl (C=O) groups excluding carboxylic acids is 2. The third-order valence-electron chi connectivity index (χ3n) is 3.98. The lowest BCUT2D eigenvalue weighted by atomic mass is 10.00. The molecule has 26 heavy (non-hydrogen) atoms. The lowest BCUT2D eigenvalue weighted by Gasteiger charge is -2.22. The van der Waals surface area contributed by atoms with Gasteiger partial charge in [0.2, 0.25) is 5.91 Å². The Hall–Kier alpha value is -2.57. The van der Waals surface area contributed by atoms with Gasteiger partial charge in [0.25, 0.3) is 0 Å². The number of hydrogen-bond acceptors (Lipinski definition) is 5. The molecule has 2 aromatic rings. The lowest BCUT2D eigenvalue weighted by Crippen LogP contribution is -2.43. The van der Waals surface area contributed by atoms with Crippen LogP contribution in [0.5, 0.6) is 5.75 Å². The average molecular weight is 377 g/mol. The second kappa shape index (κ2) is 8.69. The van der Waals surface area contributed by atoms with Gasteiger partial charge in [0.1, 0.15) is 5.75 Å². The maximum atomic E-state index is 12.6. The van der Waals surface area contributed by atoms with E-state index < -0.39 is 12.2 Å². The van der Waals surface area contributed by atoms with Crippen LogP contribution in [0.3, 0.4) is 0 Å². The number of nitrogens with two attached hydrogens (primary N) is 1. The molecule has 1 amide bonds. The first-order valence-electron chi connectivity index (χ1n) is 7.96. The van der Waals surface area contributed by atoms with Crippen LogP contribution >= 0.6 is 11.6 Å². The van der Waals surface area contributed by atoms with E-state index in [9.17, 15) is 9.59 Å². The van der Waals surface area contributed by atoms with Crippen LogP contribution in [0.4, 0.5) is 10.5 Å². The standard InChI is InChI=1S/C19H21ClN2O4/c1-12-9-14(26-19(24)25-3)10-16(20)15(12)11-17(21)18(23)22(2)13-7-5-4-6-8-13/h4-10,17H,11,21H2,1-3H3/t17-/m1/s1. The number of halogens is 1. The summed E-state index contributed by atoms with van der Waals surface area (Å²) >= 11 is 6.29. The first kappa shape index (κ1) is 19.8. The van der Waals surface area contributed by atoms with Gasteiger partial charge in [0.15, 0.2) is 0 Å². The number of likely N-dealkylation sites (N-methyl/N-ethyl adjacent to an activating group) is 1. The van der Waals surface area contributed by atoms with E-state index in [1.807, 2.05) is 37.3 Å². The van der Waals surface area contributed by atoms with Crippen LogP contribution in [0.1, 0.15) is 11.1 Å². The number of amides is 1. The van der Waals surface area contributed by atoms with Crippen molar-refractivity contribution in [1.29, 1.82) is 0 Å². The third-order valence-corrected chi connectivity index (χ3v) is 4.31. The molecular formula is C19H21ClN2O4. The van der Waals surface area contributed by atoms with Crippen LogP contribution in [0.15, 0.2) is 42.5 Å². The fraction of sp³-hybridized carbons (Fsp3) is 0.263. The number of anilines is 1. The Kier molecular flexibility index (Phi) is 6.60. The largest absolute Gasteiger partial charge is 0.513 e. The van der Waals surface area contributed by atoms with Crippen molar-refractivity contribution in [3.05, 3.63) is 58.6 Å². The summed E-state index contributed by atoms with van der Waals surface area (Å²) in [7, 11) is 2.90. The Morgan fingerprint density at radius 3 is 2.46 bits per heavy atom. The molecule has 0 aliphatic rings. The molecule has 0 aliphatic heterocycles. The number of benzene rings is 2. The van der Waals surface area contributed by atoms with Crippen LogP contribution < -0.4 is 15.4 Å². The lowest BCUT2D eigenvalue weighted by molar-refractivity contribution is -0.119. The number of nitrogens with zero attached hydrogens (tertiary/aromatic N) is 1. The second-order valence-corrected chi connectivity index (χ2v) is 6.21. The van der Waals surface area contributed by atoms with Crippen molar-refractivity contribution in [1.82, 2.24) is 0 Å². The van der Waals surface area contributed by atoms with Crippen molar-refractivity contribution >= 4 is 29.4 Å². The Labute approximate surface area is 157 Å². The molecular weight excluding hydrogens is 356 g/mol. The van der Waals surface area contributed by atoms with Crippen LogP contribution in [-0.2, 0) is 16.0 Å². The molecule has 0 aromatic heterocycles. The zero-order chi connectivity index (χ0) is 19.3. The minimum atomic E-state index is -0.829. The summed E-state index contributed by atoms with van der Waals surface area (Å²) in [5.41, 5.74) is 8.37. The molecule has 0 radical (unpaired) electrons. The van der Waals surface area contributed by atoms with E-state index in [1.54, 1.807) is 13.1 Å². The number of aryl methyl sites for hydroxylation is 1. The van der Waals surface area contributed by atoms with Gasteiger partial charge in [0, 0.05) is 17.8 Å². The minimum Gasteiger partial charge on any atom is -0.437 e. The number of methoxy groups -OCH3 is 1. The van der Waals surface area contributed by atoms with Gasteiger partial charge in [0.05, 0.1) is 13.2 Å². The Morgan fingerprint density at radius 2 is 1.88 bits per heavy atom. The van der Waals surface area contributed by atoms with Crippen molar-refractivity contribution in [3.63, 3.8) is 0 Å². The topological polar surface area (TPSA) is 81.9 Å². The number of para-hydroxylation sites is 1. The first-order valence-corrected chi connectivity index (χ1v) is 8.34. The molecule has 0 unspecified atom stereocenters. The van der Waals surface area contributed by atoms with Crippen molar-refractivity contribution in [2.45, 2.75) is 19.4 Å². The van der Waals surface area contributed by atoms with Gasteiger partial charge in [-0.15, -0.1) is 0 Å². The second-order valence-electron chi connectivity index (χ2n) is 5.80. The molecule has 1 atom stereocenters. The van der Waals surface area contributed by atoms with Crippen molar-refractivity contribution in [3.8, 4) is 5.75 Å². The molecule has 2 rings (SSSR count). The van der Waals surface area contributed by atoms with Crippen molar-refractivity contribution in [2.75, 3.05) is 19.1 Å². The quantitative estimate of drug-likeness (QED) is 0.639. The summed E-state index contributed by atoms with van der Waals surface area (Å²) in [5, 5.41) is 0.370. The highest BCUT2D eigenvalue weighted by Crippen LogP contribution is 2.28. The fourth-order valence-corrected chi connectivity index (χ4v) is 2.87. The summed E-state index contributed by atoms with van der Waals surface area (Å²) in [6.45, 7) is 1.81. The van der Waals surface area contributed by atoms with Crippen LogP contribution in [0.25, 0.3) is 0 Å². The summed E-state index contributed by atoms with van der Waals surface area (Å²) in [5.74, 6) is 0.0472. The van der Waals surface area contributed by atoms with Gasteiger partial charge in [-0.3, -0.25) is 4.79 Å². The predicted octanol–water partition coefficient (Wildman–Crippen LogP) is 3.33. The van der Waals surface area contributed by atoms with E-state index in [0.717, 1.165) is 16.8 Å². The van der Waals surface area contributed by atoms with Crippen LogP contribution in [0, 0.1) is 6.92 Å². The molecule has 2 aromatic carbocycles.